The van der Waals surface area contributed by atoms with Gasteiger partial charge in [-0.15, -0.1) is 20.2 Å². The van der Waals surface area contributed by atoms with E-state index < -0.39 is 27.4 Å². The maximum Gasteiger partial charge on any atom is 0.291 e. The fourth-order valence-corrected chi connectivity index (χ4v) is 1.07. The van der Waals surface area contributed by atoms with Gasteiger partial charge in [0.2, 0.25) is 0 Å². The predicted octanol–water partition coefficient (Wildman–Crippen LogP) is -1.24. The lowest BCUT2D eigenvalue weighted by Crippen LogP contribution is -2.25. The average molecular weight is 309 g/mol. The molecule has 1 fully saturated rings. The molecule has 11 nitrogen and oxygen atoms in total. The molecular formula is C4H9BrN2O9. The number of rotatable bonds is 0. The fourth-order valence-electron chi connectivity index (χ4n) is 0.562. The van der Waals surface area contributed by atoms with E-state index >= 15 is 0 Å². The minimum absolute atomic E-state index is 0.219. The standard InChI is InChI=1S/C4H7BrO3.2HNO3/c5-4-3(7)2(6)1-8-4;2*2-1(3)4/h2-4,6-7H,1H2;2*(H,2,3,4). The number of hydrogen-bond donors (Lipinski definition) is 4. The second kappa shape index (κ2) is 9.02. The topological polar surface area (TPSA) is 176 Å². The monoisotopic (exact) mass is 308 g/mol. The molecule has 0 bridgehead atoms. The zero-order valence-electron chi connectivity index (χ0n) is 7.54. The minimum atomic E-state index is -1.50. The van der Waals surface area contributed by atoms with Gasteiger partial charge < -0.3 is 25.4 Å². The molecule has 0 aromatic carbocycles. The first-order chi connectivity index (χ1) is 7.18. The summed E-state index contributed by atoms with van der Waals surface area (Å²) in [5, 5.41) is 44.5. The zero-order valence-corrected chi connectivity index (χ0v) is 9.13. The Morgan fingerprint density at radius 3 is 1.56 bits per heavy atom. The van der Waals surface area contributed by atoms with Crippen LogP contribution in [0.4, 0.5) is 0 Å². The lowest BCUT2D eigenvalue weighted by molar-refractivity contribution is -0.742. The lowest BCUT2D eigenvalue weighted by atomic mass is 10.3. The summed E-state index contributed by atoms with van der Waals surface area (Å²) < 4.78 is 4.79. The molecule has 1 aliphatic rings. The molecule has 0 radical (unpaired) electrons. The Balaban J connectivity index is 0. The maximum atomic E-state index is 8.84. The van der Waals surface area contributed by atoms with Crippen molar-refractivity contribution in [2.75, 3.05) is 6.61 Å². The molecule has 12 heteroatoms. The summed E-state index contributed by atoms with van der Waals surface area (Å²) in [4.78, 5) is 16.7. The van der Waals surface area contributed by atoms with E-state index in [2.05, 4.69) is 15.9 Å². The molecule has 1 aliphatic heterocycles. The van der Waals surface area contributed by atoms with Crippen LogP contribution in [-0.4, -0.2) is 54.6 Å². The molecule has 0 aromatic rings. The van der Waals surface area contributed by atoms with E-state index in [0.29, 0.717) is 0 Å². The van der Waals surface area contributed by atoms with E-state index in [4.69, 9.17) is 45.6 Å². The number of hydrogen-bond acceptors (Lipinski definition) is 7. The van der Waals surface area contributed by atoms with E-state index in [1.165, 1.54) is 0 Å². The molecule has 0 aromatic heterocycles. The van der Waals surface area contributed by atoms with Crippen LogP contribution in [0.3, 0.4) is 0 Å². The van der Waals surface area contributed by atoms with Crippen LogP contribution < -0.4 is 0 Å². The molecule has 4 N–H and O–H groups in total. The molecule has 3 atom stereocenters. The minimum Gasteiger partial charge on any atom is -0.388 e. The van der Waals surface area contributed by atoms with Gasteiger partial charge in [-0.3, -0.25) is 0 Å². The molecule has 0 saturated carbocycles. The first-order valence-corrected chi connectivity index (χ1v) is 4.38. The Bertz CT molecular complexity index is 196. The van der Waals surface area contributed by atoms with Crippen molar-refractivity contribution >= 4 is 15.9 Å². The highest BCUT2D eigenvalue weighted by Crippen LogP contribution is 2.18. The molecule has 1 rings (SSSR count). The molecule has 96 valence electrons. The Hall–Kier alpha value is -1.24. The van der Waals surface area contributed by atoms with Crippen LogP contribution >= 0.6 is 15.9 Å². The summed E-state index contributed by atoms with van der Waals surface area (Å²) in [6.45, 7) is 0.219. The summed E-state index contributed by atoms with van der Waals surface area (Å²) >= 11 is 3.01. The first-order valence-electron chi connectivity index (χ1n) is 3.46. The van der Waals surface area contributed by atoms with E-state index in [1.807, 2.05) is 0 Å². The second-order valence-corrected chi connectivity index (χ2v) is 3.12. The van der Waals surface area contributed by atoms with Crippen molar-refractivity contribution in [3.8, 4) is 0 Å². The molecule has 3 unspecified atom stereocenters. The predicted molar refractivity (Wildman–Crippen MR) is 48.2 cm³/mol. The molecule has 0 amide bonds. The molecule has 16 heavy (non-hydrogen) atoms. The number of aliphatic hydroxyl groups excluding tert-OH is 2. The highest BCUT2D eigenvalue weighted by atomic mass is 79.9. The van der Waals surface area contributed by atoms with Crippen LogP contribution in [-0.2, 0) is 4.74 Å². The van der Waals surface area contributed by atoms with Crippen molar-refractivity contribution in [2.24, 2.45) is 0 Å². The summed E-state index contributed by atoms with van der Waals surface area (Å²) in [6.07, 6.45) is -1.49. The van der Waals surface area contributed by atoms with E-state index in [1.54, 1.807) is 0 Å². The molecule has 0 aliphatic carbocycles. The molecule has 1 heterocycles. The number of ether oxygens (including phenoxy) is 1. The van der Waals surface area contributed by atoms with Crippen molar-refractivity contribution < 1.29 is 35.5 Å². The van der Waals surface area contributed by atoms with Crippen molar-refractivity contribution in [3.63, 3.8) is 0 Å². The van der Waals surface area contributed by atoms with Crippen LogP contribution in [0.1, 0.15) is 0 Å². The number of halogens is 1. The van der Waals surface area contributed by atoms with Crippen molar-refractivity contribution in [1.82, 2.24) is 0 Å². The highest BCUT2D eigenvalue weighted by molar-refractivity contribution is 9.09. The second-order valence-electron chi connectivity index (χ2n) is 2.22. The van der Waals surface area contributed by atoms with E-state index in [9.17, 15) is 0 Å². The van der Waals surface area contributed by atoms with Gasteiger partial charge in [0, 0.05) is 0 Å². The van der Waals surface area contributed by atoms with Crippen molar-refractivity contribution in [2.45, 2.75) is 17.2 Å². The van der Waals surface area contributed by atoms with Gasteiger partial charge in [-0.05, 0) is 0 Å². The fraction of sp³-hybridized carbons (Fsp3) is 1.00. The smallest absolute Gasteiger partial charge is 0.291 e. The van der Waals surface area contributed by atoms with Crippen LogP contribution in [0, 0.1) is 20.2 Å². The van der Waals surface area contributed by atoms with Gasteiger partial charge >= 0.3 is 0 Å². The Morgan fingerprint density at radius 2 is 1.50 bits per heavy atom. The van der Waals surface area contributed by atoms with Crippen LogP contribution in [0.15, 0.2) is 0 Å². The summed E-state index contributed by atoms with van der Waals surface area (Å²) in [7, 11) is 0. The average Bonchev–Trinajstić information content (AvgIpc) is 2.34. The first kappa shape index (κ1) is 17.2. The van der Waals surface area contributed by atoms with Gasteiger partial charge in [0.25, 0.3) is 10.2 Å². The van der Waals surface area contributed by atoms with Gasteiger partial charge in [0.15, 0.2) is 0 Å². The largest absolute Gasteiger partial charge is 0.388 e. The normalized spacial score (nSPS) is 26.8. The maximum absolute atomic E-state index is 8.84. The Morgan fingerprint density at radius 1 is 1.19 bits per heavy atom. The third-order valence-electron chi connectivity index (χ3n) is 1.09. The number of alkyl halides is 1. The highest BCUT2D eigenvalue weighted by Gasteiger charge is 2.32. The Labute approximate surface area is 96.2 Å². The third-order valence-corrected chi connectivity index (χ3v) is 1.89. The van der Waals surface area contributed by atoms with E-state index in [-0.39, 0.29) is 6.61 Å². The number of aliphatic hydroxyl groups is 2. The van der Waals surface area contributed by atoms with Gasteiger partial charge in [0.05, 0.1) is 6.61 Å². The lowest BCUT2D eigenvalue weighted by Gasteiger charge is -2.05. The van der Waals surface area contributed by atoms with Crippen molar-refractivity contribution in [3.05, 3.63) is 20.2 Å². The van der Waals surface area contributed by atoms with Gasteiger partial charge in [0.1, 0.15) is 17.2 Å². The summed E-state index contributed by atoms with van der Waals surface area (Å²) in [5.41, 5.74) is 0. The van der Waals surface area contributed by atoms with Gasteiger partial charge in [-0.2, -0.15) is 0 Å². The van der Waals surface area contributed by atoms with Gasteiger partial charge in [-0.25, -0.2) is 0 Å². The summed E-state index contributed by atoms with van der Waals surface area (Å²) in [5.74, 6) is 0. The van der Waals surface area contributed by atoms with E-state index in [0.717, 1.165) is 0 Å². The molecule has 1 saturated heterocycles. The van der Waals surface area contributed by atoms with Gasteiger partial charge in [-0.1, -0.05) is 15.9 Å². The van der Waals surface area contributed by atoms with Crippen LogP contribution in [0.5, 0.6) is 0 Å². The zero-order chi connectivity index (χ0) is 13.3. The molecular weight excluding hydrogens is 300 g/mol. The molecule has 0 spiro atoms. The quantitative estimate of drug-likeness (QED) is 0.242. The number of nitrogens with zero attached hydrogens (tertiary/aromatic N) is 2. The van der Waals surface area contributed by atoms with Crippen molar-refractivity contribution in [1.29, 1.82) is 0 Å². The Kier molecular flexibility index (Phi) is 9.68. The third kappa shape index (κ3) is 12.8. The van der Waals surface area contributed by atoms with Crippen LogP contribution in [0.2, 0.25) is 0 Å². The SMILES string of the molecule is O=[N+]([O-])O.O=[N+]([O-])O.OC1COC(Br)C1O. The van der Waals surface area contributed by atoms with Crippen LogP contribution in [0.25, 0.3) is 0 Å². The summed E-state index contributed by atoms with van der Waals surface area (Å²) in [6, 6.07) is 0.